The van der Waals surface area contributed by atoms with E-state index < -0.39 is 0 Å². The molecule has 108 valence electrons. The normalized spacial score (nSPS) is 16.1. The van der Waals surface area contributed by atoms with E-state index in [1.54, 1.807) is 24.5 Å². The van der Waals surface area contributed by atoms with Crippen molar-refractivity contribution in [3.8, 4) is 0 Å². The largest absolute Gasteiger partial charge is 0.465 e. The minimum Gasteiger partial charge on any atom is -0.465 e. The van der Waals surface area contributed by atoms with Gasteiger partial charge in [0.15, 0.2) is 0 Å². The Labute approximate surface area is 118 Å². The van der Waals surface area contributed by atoms with E-state index in [2.05, 4.69) is 5.32 Å². The van der Waals surface area contributed by atoms with Crippen LogP contribution in [0.2, 0.25) is 0 Å². The summed E-state index contributed by atoms with van der Waals surface area (Å²) in [6.07, 6.45) is 8.96. The second-order valence-corrected chi connectivity index (χ2v) is 4.86. The summed E-state index contributed by atoms with van der Waals surface area (Å²) in [5, 5.41) is 2.60. The van der Waals surface area contributed by atoms with Crippen molar-refractivity contribution in [2.45, 2.75) is 25.7 Å². The van der Waals surface area contributed by atoms with E-state index in [9.17, 15) is 9.59 Å². The van der Waals surface area contributed by atoms with Crippen LogP contribution in [0.15, 0.2) is 28.9 Å². The predicted octanol–water partition coefficient (Wildman–Crippen LogP) is 1.81. The maximum absolute atomic E-state index is 12.0. The number of likely N-dealkylation sites (tertiary alicyclic amines) is 1. The summed E-state index contributed by atoms with van der Waals surface area (Å²) in [4.78, 5) is 25.4. The van der Waals surface area contributed by atoms with Gasteiger partial charge in [0.1, 0.15) is 5.76 Å². The van der Waals surface area contributed by atoms with Gasteiger partial charge in [0, 0.05) is 19.2 Å². The van der Waals surface area contributed by atoms with Crippen molar-refractivity contribution in [3.05, 3.63) is 30.2 Å². The maximum Gasteiger partial charge on any atom is 0.244 e. The SMILES string of the molecule is O=C(C=Cc1ccco1)NCC(=O)N1CCCCCC1. The highest BCUT2D eigenvalue weighted by Crippen LogP contribution is 2.09. The van der Waals surface area contributed by atoms with Crippen LogP contribution in [0.5, 0.6) is 0 Å². The van der Waals surface area contributed by atoms with Crippen molar-refractivity contribution in [2.24, 2.45) is 0 Å². The smallest absolute Gasteiger partial charge is 0.244 e. The van der Waals surface area contributed by atoms with Gasteiger partial charge < -0.3 is 14.6 Å². The molecule has 2 rings (SSSR count). The van der Waals surface area contributed by atoms with Gasteiger partial charge in [-0.25, -0.2) is 0 Å². The van der Waals surface area contributed by atoms with E-state index in [4.69, 9.17) is 4.42 Å². The lowest BCUT2D eigenvalue weighted by atomic mass is 10.2. The first-order valence-corrected chi connectivity index (χ1v) is 7.03. The first kappa shape index (κ1) is 14.4. The van der Waals surface area contributed by atoms with Gasteiger partial charge in [-0.05, 0) is 31.1 Å². The summed E-state index contributed by atoms with van der Waals surface area (Å²) in [6, 6.07) is 3.51. The number of carbonyl (C=O) groups excluding carboxylic acids is 2. The molecule has 2 heterocycles. The number of hydrogen-bond donors (Lipinski definition) is 1. The van der Waals surface area contributed by atoms with Crippen LogP contribution in [0.4, 0.5) is 0 Å². The molecule has 1 aliphatic rings. The first-order valence-electron chi connectivity index (χ1n) is 7.03. The molecule has 0 bridgehead atoms. The molecule has 0 aromatic carbocycles. The molecule has 5 nitrogen and oxygen atoms in total. The van der Waals surface area contributed by atoms with Gasteiger partial charge in [-0.2, -0.15) is 0 Å². The van der Waals surface area contributed by atoms with Crippen LogP contribution in [-0.2, 0) is 9.59 Å². The van der Waals surface area contributed by atoms with E-state index in [1.807, 2.05) is 4.90 Å². The van der Waals surface area contributed by atoms with Crippen LogP contribution in [0, 0.1) is 0 Å². The summed E-state index contributed by atoms with van der Waals surface area (Å²) < 4.78 is 5.08. The molecule has 0 radical (unpaired) electrons. The average Bonchev–Trinajstić information content (AvgIpc) is 2.83. The Balaban J connectivity index is 1.73. The van der Waals surface area contributed by atoms with Gasteiger partial charge in [0.05, 0.1) is 12.8 Å². The second-order valence-electron chi connectivity index (χ2n) is 4.86. The summed E-state index contributed by atoms with van der Waals surface area (Å²) >= 11 is 0. The van der Waals surface area contributed by atoms with Gasteiger partial charge in [-0.15, -0.1) is 0 Å². The molecule has 1 saturated heterocycles. The number of amides is 2. The highest BCUT2D eigenvalue weighted by Gasteiger charge is 2.15. The van der Waals surface area contributed by atoms with Crippen LogP contribution in [0.3, 0.4) is 0 Å². The van der Waals surface area contributed by atoms with Crippen molar-refractivity contribution in [1.29, 1.82) is 0 Å². The van der Waals surface area contributed by atoms with Gasteiger partial charge in [0.25, 0.3) is 0 Å². The van der Waals surface area contributed by atoms with Crippen LogP contribution >= 0.6 is 0 Å². The molecule has 5 heteroatoms. The Bertz CT molecular complexity index is 457. The Kier molecular flexibility index (Phi) is 5.41. The molecule has 1 aromatic heterocycles. The number of nitrogens with zero attached hydrogens (tertiary/aromatic N) is 1. The van der Waals surface area contributed by atoms with Gasteiger partial charge >= 0.3 is 0 Å². The maximum atomic E-state index is 12.0. The third-order valence-electron chi connectivity index (χ3n) is 3.31. The van der Waals surface area contributed by atoms with Gasteiger partial charge in [-0.1, -0.05) is 12.8 Å². The number of nitrogens with one attached hydrogen (secondary N) is 1. The van der Waals surface area contributed by atoms with Crippen LogP contribution in [-0.4, -0.2) is 36.3 Å². The lowest BCUT2D eigenvalue weighted by Crippen LogP contribution is -2.40. The lowest BCUT2D eigenvalue weighted by Gasteiger charge is -2.20. The predicted molar refractivity (Wildman–Crippen MR) is 75.8 cm³/mol. The minimum atomic E-state index is -0.287. The zero-order valence-electron chi connectivity index (χ0n) is 11.5. The van der Waals surface area contributed by atoms with Crippen LogP contribution < -0.4 is 5.32 Å². The highest BCUT2D eigenvalue weighted by atomic mass is 16.3. The van der Waals surface area contributed by atoms with E-state index in [0.29, 0.717) is 5.76 Å². The fraction of sp³-hybridized carbons (Fsp3) is 0.467. The Morgan fingerprint density at radius 2 is 2.00 bits per heavy atom. The standard InChI is InChI=1S/C15H20N2O3/c18-14(8-7-13-6-5-11-20-13)16-12-15(19)17-9-3-1-2-4-10-17/h5-8,11H,1-4,9-10,12H2,(H,16,18). The van der Waals surface area contributed by atoms with Crippen molar-refractivity contribution in [2.75, 3.05) is 19.6 Å². The molecule has 1 fully saturated rings. The molecule has 2 amide bonds. The molecule has 0 atom stereocenters. The Morgan fingerprint density at radius 3 is 2.65 bits per heavy atom. The van der Waals surface area contributed by atoms with Gasteiger partial charge in [-0.3, -0.25) is 9.59 Å². The third kappa shape index (κ3) is 4.57. The Morgan fingerprint density at radius 1 is 1.25 bits per heavy atom. The average molecular weight is 276 g/mol. The molecule has 1 N–H and O–H groups in total. The lowest BCUT2D eigenvalue weighted by molar-refractivity contribution is -0.132. The molecule has 1 aromatic rings. The zero-order valence-corrected chi connectivity index (χ0v) is 11.5. The minimum absolute atomic E-state index is 0.00773. The van der Waals surface area contributed by atoms with Crippen molar-refractivity contribution in [3.63, 3.8) is 0 Å². The Hall–Kier alpha value is -2.04. The van der Waals surface area contributed by atoms with Gasteiger partial charge in [0.2, 0.25) is 11.8 Å². The molecule has 0 saturated carbocycles. The van der Waals surface area contributed by atoms with Crippen molar-refractivity contribution >= 4 is 17.9 Å². The van der Waals surface area contributed by atoms with Crippen molar-refractivity contribution in [1.82, 2.24) is 10.2 Å². The molecule has 20 heavy (non-hydrogen) atoms. The summed E-state index contributed by atoms with van der Waals surface area (Å²) in [5.41, 5.74) is 0. The van der Waals surface area contributed by atoms with E-state index in [-0.39, 0.29) is 18.4 Å². The molecule has 0 spiro atoms. The van der Waals surface area contributed by atoms with Crippen LogP contribution in [0.1, 0.15) is 31.4 Å². The first-order chi connectivity index (χ1) is 9.75. The number of carbonyl (C=O) groups is 2. The van der Waals surface area contributed by atoms with E-state index >= 15 is 0 Å². The summed E-state index contributed by atoms with van der Waals surface area (Å²) in [5.74, 6) is 0.315. The molecule has 0 unspecified atom stereocenters. The fourth-order valence-corrected chi connectivity index (χ4v) is 2.20. The zero-order chi connectivity index (χ0) is 14.2. The fourth-order valence-electron chi connectivity index (χ4n) is 2.20. The second kappa shape index (κ2) is 7.53. The number of hydrogen-bond acceptors (Lipinski definition) is 3. The molecular formula is C15H20N2O3. The van der Waals surface area contributed by atoms with Crippen LogP contribution in [0.25, 0.3) is 6.08 Å². The molecule has 1 aliphatic heterocycles. The monoisotopic (exact) mass is 276 g/mol. The number of rotatable bonds is 4. The van der Waals surface area contributed by atoms with E-state index in [0.717, 1.165) is 25.9 Å². The number of furan rings is 1. The van der Waals surface area contributed by atoms with E-state index in [1.165, 1.54) is 18.9 Å². The topological polar surface area (TPSA) is 62.6 Å². The van der Waals surface area contributed by atoms with Crippen molar-refractivity contribution < 1.29 is 14.0 Å². The molecule has 0 aliphatic carbocycles. The summed E-state index contributed by atoms with van der Waals surface area (Å²) in [6.45, 7) is 1.66. The summed E-state index contributed by atoms with van der Waals surface area (Å²) in [7, 11) is 0. The highest BCUT2D eigenvalue weighted by molar-refractivity contribution is 5.94. The third-order valence-corrected chi connectivity index (χ3v) is 3.31. The molecular weight excluding hydrogens is 256 g/mol. The quantitative estimate of drug-likeness (QED) is 0.853.